The van der Waals surface area contributed by atoms with Crippen molar-refractivity contribution in [1.29, 1.82) is 0 Å². The predicted octanol–water partition coefficient (Wildman–Crippen LogP) is 2.97. The Bertz CT molecular complexity index is 772. The fraction of sp³-hybridized carbons (Fsp3) is 0.545. The average molecular weight is 383 g/mol. The SMILES string of the molecule is O=C(/C=C/c1ccccc1N1CCC2(CCCN2C(=O)C2CCCC2)C1)NO. The van der Waals surface area contributed by atoms with Crippen LogP contribution >= 0.6 is 0 Å². The Labute approximate surface area is 166 Å². The van der Waals surface area contributed by atoms with Crippen molar-refractivity contribution in [1.82, 2.24) is 10.4 Å². The summed E-state index contributed by atoms with van der Waals surface area (Å²) in [5.41, 5.74) is 3.59. The molecule has 1 aromatic rings. The highest BCUT2D eigenvalue weighted by atomic mass is 16.5. The van der Waals surface area contributed by atoms with Crippen LogP contribution in [0.1, 0.15) is 50.5 Å². The van der Waals surface area contributed by atoms with Gasteiger partial charge in [-0.2, -0.15) is 0 Å². The predicted molar refractivity (Wildman–Crippen MR) is 108 cm³/mol. The van der Waals surface area contributed by atoms with Gasteiger partial charge in [0.2, 0.25) is 5.91 Å². The Hall–Kier alpha value is -2.34. The second-order valence-electron chi connectivity index (χ2n) is 8.34. The van der Waals surface area contributed by atoms with E-state index in [4.69, 9.17) is 5.21 Å². The van der Waals surface area contributed by atoms with Gasteiger partial charge >= 0.3 is 0 Å². The summed E-state index contributed by atoms with van der Waals surface area (Å²) in [6.07, 6.45) is 10.7. The minimum absolute atomic E-state index is 0.0427. The van der Waals surface area contributed by atoms with E-state index in [2.05, 4.69) is 15.9 Å². The van der Waals surface area contributed by atoms with Crippen LogP contribution in [-0.2, 0) is 9.59 Å². The van der Waals surface area contributed by atoms with E-state index in [1.54, 1.807) is 11.6 Å². The van der Waals surface area contributed by atoms with Gasteiger partial charge in [-0.25, -0.2) is 5.48 Å². The van der Waals surface area contributed by atoms with E-state index in [0.717, 1.165) is 63.0 Å². The van der Waals surface area contributed by atoms with E-state index < -0.39 is 5.91 Å². The summed E-state index contributed by atoms with van der Waals surface area (Å²) in [7, 11) is 0. The molecule has 1 unspecified atom stereocenters. The number of likely N-dealkylation sites (tertiary alicyclic amines) is 1. The van der Waals surface area contributed by atoms with Crippen molar-refractivity contribution < 1.29 is 14.8 Å². The van der Waals surface area contributed by atoms with Crippen LogP contribution in [0.4, 0.5) is 5.69 Å². The number of anilines is 1. The van der Waals surface area contributed by atoms with Gasteiger partial charge < -0.3 is 9.80 Å². The van der Waals surface area contributed by atoms with Crippen molar-refractivity contribution in [3.63, 3.8) is 0 Å². The molecule has 4 rings (SSSR count). The molecular weight excluding hydrogens is 354 g/mol. The maximum atomic E-state index is 13.2. The van der Waals surface area contributed by atoms with Gasteiger partial charge in [-0.15, -0.1) is 0 Å². The Morgan fingerprint density at radius 3 is 2.68 bits per heavy atom. The first-order chi connectivity index (χ1) is 13.6. The molecule has 2 aliphatic heterocycles. The molecule has 6 heteroatoms. The van der Waals surface area contributed by atoms with Crippen LogP contribution in [0.15, 0.2) is 30.3 Å². The molecular formula is C22H29N3O3. The molecule has 6 nitrogen and oxygen atoms in total. The van der Waals surface area contributed by atoms with Crippen LogP contribution in [0.25, 0.3) is 6.08 Å². The maximum absolute atomic E-state index is 13.2. The molecule has 1 aromatic carbocycles. The van der Waals surface area contributed by atoms with Crippen LogP contribution in [0, 0.1) is 5.92 Å². The van der Waals surface area contributed by atoms with Crippen molar-refractivity contribution in [3.05, 3.63) is 35.9 Å². The minimum Gasteiger partial charge on any atom is -0.369 e. The van der Waals surface area contributed by atoms with E-state index in [9.17, 15) is 9.59 Å². The van der Waals surface area contributed by atoms with E-state index >= 15 is 0 Å². The summed E-state index contributed by atoms with van der Waals surface area (Å²) in [6, 6.07) is 7.97. The number of amides is 2. The lowest BCUT2D eigenvalue weighted by Gasteiger charge is -2.37. The number of carbonyl (C=O) groups is 2. The number of benzene rings is 1. The average Bonchev–Trinajstić information content (AvgIpc) is 3.48. The Morgan fingerprint density at radius 1 is 1.11 bits per heavy atom. The van der Waals surface area contributed by atoms with E-state index in [0.29, 0.717) is 5.91 Å². The zero-order valence-corrected chi connectivity index (χ0v) is 16.3. The summed E-state index contributed by atoms with van der Waals surface area (Å²) in [6.45, 7) is 2.65. The maximum Gasteiger partial charge on any atom is 0.267 e. The zero-order chi connectivity index (χ0) is 19.6. The lowest BCUT2D eigenvalue weighted by molar-refractivity contribution is -0.139. The Morgan fingerprint density at radius 2 is 1.89 bits per heavy atom. The first-order valence-electron chi connectivity index (χ1n) is 10.4. The molecule has 1 aliphatic carbocycles. The molecule has 150 valence electrons. The van der Waals surface area contributed by atoms with Crippen molar-refractivity contribution in [2.75, 3.05) is 24.5 Å². The second kappa shape index (κ2) is 7.95. The first-order valence-corrected chi connectivity index (χ1v) is 10.4. The van der Waals surface area contributed by atoms with E-state index in [-0.39, 0.29) is 11.5 Å². The number of para-hydroxylation sites is 1. The third-order valence-electron chi connectivity index (χ3n) is 6.70. The van der Waals surface area contributed by atoms with Crippen molar-refractivity contribution in [2.45, 2.75) is 50.5 Å². The van der Waals surface area contributed by atoms with Gasteiger partial charge in [0.05, 0.1) is 5.54 Å². The number of nitrogens with one attached hydrogen (secondary N) is 1. The second-order valence-corrected chi connectivity index (χ2v) is 8.34. The Balaban J connectivity index is 1.53. The third kappa shape index (κ3) is 3.53. The molecule has 2 amide bonds. The summed E-state index contributed by atoms with van der Waals surface area (Å²) in [4.78, 5) is 29.1. The molecule has 1 atom stereocenters. The van der Waals surface area contributed by atoms with Gasteiger partial charge in [0, 0.05) is 37.3 Å². The highest BCUT2D eigenvalue weighted by Gasteiger charge is 2.49. The molecule has 2 saturated heterocycles. The first kappa shape index (κ1) is 19.0. The summed E-state index contributed by atoms with van der Waals surface area (Å²) >= 11 is 0. The fourth-order valence-corrected chi connectivity index (χ4v) is 5.28. The molecule has 1 spiro atoms. The number of carbonyl (C=O) groups excluding carboxylic acids is 2. The highest BCUT2D eigenvalue weighted by Crippen LogP contribution is 2.42. The molecule has 28 heavy (non-hydrogen) atoms. The monoisotopic (exact) mass is 383 g/mol. The molecule has 0 radical (unpaired) electrons. The minimum atomic E-state index is -0.545. The molecule has 0 aromatic heterocycles. The zero-order valence-electron chi connectivity index (χ0n) is 16.3. The third-order valence-corrected chi connectivity index (χ3v) is 6.70. The number of hydroxylamine groups is 1. The van der Waals surface area contributed by atoms with Gasteiger partial charge in [0.25, 0.3) is 5.91 Å². The van der Waals surface area contributed by atoms with E-state index in [1.807, 2.05) is 18.2 Å². The van der Waals surface area contributed by atoms with Gasteiger partial charge in [-0.1, -0.05) is 31.0 Å². The van der Waals surface area contributed by atoms with Crippen LogP contribution in [0.2, 0.25) is 0 Å². The summed E-state index contributed by atoms with van der Waals surface area (Å²) in [5.74, 6) is 0.0673. The molecule has 0 bridgehead atoms. The van der Waals surface area contributed by atoms with Crippen LogP contribution < -0.4 is 10.4 Å². The van der Waals surface area contributed by atoms with Crippen molar-refractivity contribution >= 4 is 23.6 Å². The van der Waals surface area contributed by atoms with Crippen molar-refractivity contribution in [3.8, 4) is 0 Å². The molecule has 3 fully saturated rings. The molecule has 2 heterocycles. The number of nitrogens with zero attached hydrogens (tertiary/aromatic N) is 2. The van der Waals surface area contributed by atoms with Gasteiger partial charge in [0.15, 0.2) is 0 Å². The smallest absolute Gasteiger partial charge is 0.267 e. The quantitative estimate of drug-likeness (QED) is 0.476. The van der Waals surface area contributed by atoms with Gasteiger partial charge in [-0.05, 0) is 49.8 Å². The summed E-state index contributed by atoms with van der Waals surface area (Å²) in [5, 5.41) is 8.71. The lowest BCUT2D eigenvalue weighted by Crippen LogP contribution is -2.51. The van der Waals surface area contributed by atoms with Crippen LogP contribution in [0.3, 0.4) is 0 Å². The van der Waals surface area contributed by atoms with Gasteiger partial charge in [-0.3, -0.25) is 14.8 Å². The topological polar surface area (TPSA) is 72.9 Å². The molecule has 3 aliphatic rings. The highest BCUT2D eigenvalue weighted by molar-refractivity contribution is 5.92. The Kier molecular flexibility index (Phi) is 5.40. The van der Waals surface area contributed by atoms with Crippen LogP contribution in [0.5, 0.6) is 0 Å². The molecule has 2 N–H and O–H groups in total. The normalized spacial score (nSPS) is 25.3. The van der Waals surface area contributed by atoms with Crippen molar-refractivity contribution in [2.24, 2.45) is 5.92 Å². The number of hydrogen-bond donors (Lipinski definition) is 2. The summed E-state index contributed by atoms with van der Waals surface area (Å²) < 4.78 is 0. The largest absolute Gasteiger partial charge is 0.369 e. The number of rotatable bonds is 4. The molecule has 1 saturated carbocycles. The standard InChI is InChI=1S/C22H29N3O3/c26-20(23-28)11-10-17-6-3-4-9-19(17)24-15-13-22(16-24)12-5-14-25(22)21(27)18-7-1-2-8-18/h3-4,6,9-11,18,28H,1-2,5,7-8,12-16H2,(H,23,26)/b11-10+. The van der Waals surface area contributed by atoms with Gasteiger partial charge in [0.1, 0.15) is 0 Å². The van der Waals surface area contributed by atoms with E-state index in [1.165, 1.54) is 18.9 Å². The van der Waals surface area contributed by atoms with Crippen LogP contribution in [-0.4, -0.2) is 47.1 Å². The fourth-order valence-electron chi connectivity index (χ4n) is 5.28. The lowest BCUT2D eigenvalue weighted by atomic mass is 9.93. The number of hydrogen-bond acceptors (Lipinski definition) is 4.